The van der Waals surface area contributed by atoms with Crippen LogP contribution in [0.4, 0.5) is 0 Å². The molecule has 0 unspecified atom stereocenters. The number of carbonyl (C=O) groups is 1. The Balaban J connectivity index is 2.99. The normalized spacial score (nSPS) is 9.56. The van der Waals surface area contributed by atoms with Crippen molar-refractivity contribution in [3.05, 3.63) is 23.3 Å². The van der Waals surface area contributed by atoms with Gasteiger partial charge in [0.05, 0.1) is 13.0 Å². The molecule has 1 rings (SSSR count). The van der Waals surface area contributed by atoms with Gasteiger partial charge in [-0.2, -0.15) is 5.26 Å². The van der Waals surface area contributed by atoms with E-state index < -0.39 is 0 Å². The van der Waals surface area contributed by atoms with Crippen LogP contribution >= 0.6 is 12.6 Å². The van der Waals surface area contributed by atoms with E-state index in [2.05, 4.69) is 12.6 Å². The number of thiol groups is 1. The van der Waals surface area contributed by atoms with Gasteiger partial charge in [-0.1, -0.05) is 6.07 Å². The molecule has 0 aromatic heterocycles. The lowest BCUT2D eigenvalue weighted by molar-refractivity contribution is -0.142. The van der Waals surface area contributed by atoms with Crippen LogP contribution < -0.4 is 0 Å². The van der Waals surface area contributed by atoms with Gasteiger partial charge >= 0.3 is 5.97 Å². The fourth-order valence-electron chi connectivity index (χ4n) is 1.24. The van der Waals surface area contributed by atoms with E-state index in [1.54, 1.807) is 13.0 Å². The van der Waals surface area contributed by atoms with E-state index in [0.29, 0.717) is 17.1 Å². The van der Waals surface area contributed by atoms with Gasteiger partial charge < -0.3 is 9.84 Å². The molecule has 5 heteroatoms. The van der Waals surface area contributed by atoms with Crippen LogP contribution in [-0.2, 0) is 16.0 Å². The first-order chi connectivity index (χ1) is 7.60. The van der Waals surface area contributed by atoms with Gasteiger partial charge in [0.25, 0.3) is 0 Å². The van der Waals surface area contributed by atoms with Crippen molar-refractivity contribution in [3.8, 4) is 11.8 Å². The van der Waals surface area contributed by atoms with Crippen molar-refractivity contribution in [2.75, 3.05) is 6.61 Å². The predicted octanol–water partition coefficient (Wildman–Crippen LogP) is 1.66. The molecule has 0 atom stereocenters. The Morgan fingerprint density at radius 3 is 2.88 bits per heavy atom. The highest BCUT2D eigenvalue weighted by Crippen LogP contribution is 2.27. The molecule has 1 aromatic rings. The molecular formula is C11H11NO3S. The van der Waals surface area contributed by atoms with Gasteiger partial charge in [0.2, 0.25) is 0 Å². The average Bonchev–Trinajstić information content (AvgIpc) is 2.23. The number of esters is 1. The maximum atomic E-state index is 11.2. The largest absolute Gasteiger partial charge is 0.507 e. The van der Waals surface area contributed by atoms with Crippen LogP contribution in [0.3, 0.4) is 0 Å². The van der Waals surface area contributed by atoms with Crippen molar-refractivity contribution in [2.45, 2.75) is 18.2 Å². The second-order valence-electron chi connectivity index (χ2n) is 3.06. The Hall–Kier alpha value is -1.67. The minimum absolute atomic E-state index is 0.0433. The maximum absolute atomic E-state index is 11.2. The van der Waals surface area contributed by atoms with Crippen LogP contribution in [0, 0.1) is 11.3 Å². The second-order valence-corrected chi connectivity index (χ2v) is 3.51. The highest BCUT2D eigenvalue weighted by atomic mass is 32.1. The molecule has 4 nitrogen and oxygen atoms in total. The average molecular weight is 237 g/mol. The third-order valence-electron chi connectivity index (χ3n) is 1.99. The van der Waals surface area contributed by atoms with Gasteiger partial charge in [0.1, 0.15) is 17.4 Å². The van der Waals surface area contributed by atoms with E-state index in [0.717, 1.165) is 0 Å². The zero-order valence-corrected chi connectivity index (χ0v) is 9.62. The van der Waals surface area contributed by atoms with E-state index in [1.807, 2.05) is 6.07 Å². The summed E-state index contributed by atoms with van der Waals surface area (Å²) in [5.74, 6) is -0.521. The number of phenols is 1. The Morgan fingerprint density at radius 2 is 2.31 bits per heavy atom. The van der Waals surface area contributed by atoms with Crippen LogP contribution in [0.1, 0.15) is 18.1 Å². The summed E-state index contributed by atoms with van der Waals surface area (Å²) in [6.07, 6.45) is 0.0433. The lowest BCUT2D eigenvalue weighted by Crippen LogP contribution is -2.08. The standard InChI is InChI=1S/C11H11NO3S/c1-2-15-10(14)5-7-3-4-9(13)8(6-12)11(7)16/h3-4,13,16H,2,5H2,1H3. The smallest absolute Gasteiger partial charge is 0.310 e. The van der Waals surface area contributed by atoms with Crippen molar-refractivity contribution in [1.82, 2.24) is 0 Å². The van der Waals surface area contributed by atoms with Crippen molar-refractivity contribution in [3.63, 3.8) is 0 Å². The van der Waals surface area contributed by atoms with Gasteiger partial charge in [-0.15, -0.1) is 12.6 Å². The van der Waals surface area contributed by atoms with Crippen molar-refractivity contribution in [2.24, 2.45) is 0 Å². The molecule has 0 saturated heterocycles. The first-order valence-corrected chi connectivity index (χ1v) is 5.14. The zero-order chi connectivity index (χ0) is 12.1. The Morgan fingerprint density at radius 1 is 1.62 bits per heavy atom. The van der Waals surface area contributed by atoms with Crippen LogP contribution in [0.2, 0.25) is 0 Å². The van der Waals surface area contributed by atoms with Crippen molar-refractivity contribution < 1.29 is 14.6 Å². The molecule has 0 aliphatic carbocycles. The number of hydrogen-bond acceptors (Lipinski definition) is 5. The molecule has 1 N–H and O–H groups in total. The number of nitrogens with zero attached hydrogens (tertiary/aromatic N) is 1. The minimum atomic E-state index is -0.382. The summed E-state index contributed by atoms with van der Waals surface area (Å²) in [7, 11) is 0. The molecule has 0 heterocycles. The molecule has 0 aliphatic rings. The lowest BCUT2D eigenvalue weighted by Gasteiger charge is -2.07. The highest BCUT2D eigenvalue weighted by molar-refractivity contribution is 7.80. The first-order valence-electron chi connectivity index (χ1n) is 4.69. The van der Waals surface area contributed by atoms with Crippen LogP contribution in [0.25, 0.3) is 0 Å². The zero-order valence-electron chi connectivity index (χ0n) is 8.73. The van der Waals surface area contributed by atoms with Crippen LogP contribution in [0.5, 0.6) is 5.75 Å². The molecule has 0 amide bonds. The molecule has 0 bridgehead atoms. The summed E-state index contributed by atoms with van der Waals surface area (Å²) in [4.78, 5) is 11.6. The van der Waals surface area contributed by atoms with E-state index in [4.69, 9.17) is 10.00 Å². The number of hydrogen-bond donors (Lipinski definition) is 2. The second kappa shape index (κ2) is 5.42. The quantitative estimate of drug-likeness (QED) is 0.619. The number of nitriles is 1. The molecule has 0 fully saturated rings. The SMILES string of the molecule is CCOC(=O)Cc1ccc(O)c(C#N)c1S. The Labute approximate surface area is 98.9 Å². The molecule has 0 radical (unpaired) electrons. The molecule has 0 spiro atoms. The lowest BCUT2D eigenvalue weighted by atomic mass is 10.1. The van der Waals surface area contributed by atoms with Gasteiger partial charge in [0, 0.05) is 4.90 Å². The third-order valence-corrected chi connectivity index (χ3v) is 2.50. The van der Waals surface area contributed by atoms with Crippen molar-refractivity contribution >= 4 is 18.6 Å². The number of benzene rings is 1. The summed E-state index contributed by atoms with van der Waals surface area (Å²) in [5.41, 5.74) is 0.640. The fourth-order valence-corrected chi connectivity index (χ4v) is 1.56. The molecule has 84 valence electrons. The van der Waals surface area contributed by atoms with E-state index in [-0.39, 0.29) is 23.7 Å². The van der Waals surface area contributed by atoms with Crippen LogP contribution in [-0.4, -0.2) is 17.7 Å². The minimum Gasteiger partial charge on any atom is -0.507 e. The number of rotatable bonds is 3. The van der Waals surface area contributed by atoms with Gasteiger partial charge in [0.15, 0.2) is 0 Å². The van der Waals surface area contributed by atoms with Crippen LogP contribution in [0.15, 0.2) is 17.0 Å². The Kier molecular flexibility index (Phi) is 4.20. The number of ether oxygens (including phenoxy) is 1. The van der Waals surface area contributed by atoms with Gasteiger partial charge in [-0.25, -0.2) is 0 Å². The molecule has 16 heavy (non-hydrogen) atoms. The van der Waals surface area contributed by atoms with Gasteiger partial charge in [-0.3, -0.25) is 4.79 Å². The van der Waals surface area contributed by atoms with Gasteiger partial charge in [-0.05, 0) is 18.6 Å². The monoisotopic (exact) mass is 237 g/mol. The Bertz CT molecular complexity index is 451. The first kappa shape index (κ1) is 12.4. The predicted molar refractivity (Wildman–Crippen MR) is 60.4 cm³/mol. The molecular weight excluding hydrogens is 226 g/mol. The molecule has 0 saturated carbocycles. The fraction of sp³-hybridized carbons (Fsp3) is 0.273. The summed E-state index contributed by atoms with van der Waals surface area (Å²) >= 11 is 4.11. The van der Waals surface area contributed by atoms with Crippen molar-refractivity contribution in [1.29, 1.82) is 5.26 Å². The number of aromatic hydroxyl groups is 1. The third kappa shape index (κ3) is 2.67. The summed E-state index contributed by atoms with van der Waals surface area (Å²) in [6, 6.07) is 4.75. The number of phenolic OH excluding ortho intramolecular Hbond substituents is 1. The maximum Gasteiger partial charge on any atom is 0.310 e. The van der Waals surface area contributed by atoms with E-state index in [9.17, 15) is 9.90 Å². The topological polar surface area (TPSA) is 70.3 Å². The summed E-state index contributed by atoms with van der Waals surface area (Å²) < 4.78 is 4.79. The molecule has 1 aromatic carbocycles. The van der Waals surface area contributed by atoms with E-state index in [1.165, 1.54) is 6.07 Å². The summed E-state index contributed by atoms with van der Waals surface area (Å²) in [6.45, 7) is 2.03. The molecule has 0 aliphatic heterocycles. The van der Waals surface area contributed by atoms with E-state index >= 15 is 0 Å². The number of carbonyl (C=O) groups excluding carboxylic acids is 1. The highest BCUT2D eigenvalue weighted by Gasteiger charge is 2.13. The summed E-state index contributed by atoms with van der Waals surface area (Å²) in [5, 5.41) is 18.2.